The van der Waals surface area contributed by atoms with Crippen molar-refractivity contribution >= 4 is 66.7 Å². The lowest BCUT2D eigenvalue weighted by molar-refractivity contribution is 1.19. The van der Waals surface area contributed by atoms with E-state index in [0.717, 1.165) is 45.2 Å². The first-order chi connectivity index (χ1) is 21.9. The Morgan fingerprint density at radius 2 is 0.682 bits per heavy atom. The lowest BCUT2D eigenvalue weighted by Gasteiger charge is -2.28. The zero-order valence-corrected chi connectivity index (χ0v) is 24.0. The quantitative estimate of drug-likeness (QED) is 0.188. The van der Waals surface area contributed by atoms with Gasteiger partial charge in [0.25, 0.3) is 0 Å². The van der Waals surface area contributed by atoms with Crippen molar-refractivity contribution in [2.75, 3.05) is 9.80 Å². The smallest absolute Gasteiger partial charge is 0.137 e. The van der Waals surface area contributed by atoms with Crippen molar-refractivity contribution in [3.63, 3.8) is 0 Å². The highest BCUT2D eigenvalue weighted by Crippen LogP contribution is 2.46. The second kappa shape index (κ2) is 11.0. The predicted molar refractivity (Wildman–Crippen MR) is 184 cm³/mol. The first kappa shape index (κ1) is 25.7. The van der Waals surface area contributed by atoms with Crippen LogP contribution in [0.2, 0.25) is 0 Å². The molecule has 4 heteroatoms. The lowest BCUT2D eigenvalue weighted by Crippen LogP contribution is -2.13. The Balaban J connectivity index is 1.48. The number of anilines is 6. The minimum atomic E-state index is 0.870. The van der Waals surface area contributed by atoms with Gasteiger partial charge in [-0.05, 0) is 82.2 Å². The standard InChI is InChI=1S/C40H28N4/c1-3-15-29(16-4-1)43(39-23-11-13-25-41-39)37-27-35-32-20-8-10-22-34(32)38(28-36(35)31-19-7-9-21-33(31)37)44(30-17-5-2-6-18-30)40-24-12-14-26-42-40/h1-28H. The van der Waals surface area contributed by atoms with Crippen molar-refractivity contribution in [2.24, 2.45) is 0 Å². The third-order valence-electron chi connectivity index (χ3n) is 8.11. The molecule has 44 heavy (non-hydrogen) atoms. The summed E-state index contributed by atoms with van der Waals surface area (Å²) in [5.41, 5.74) is 4.28. The summed E-state index contributed by atoms with van der Waals surface area (Å²) in [6, 6.07) is 55.1. The van der Waals surface area contributed by atoms with Crippen LogP contribution in [0.3, 0.4) is 0 Å². The van der Waals surface area contributed by atoms with Crippen molar-refractivity contribution in [3.05, 3.63) is 170 Å². The Hall–Kier alpha value is -6.00. The van der Waals surface area contributed by atoms with E-state index >= 15 is 0 Å². The van der Waals surface area contributed by atoms with Crippen LogP contribution in [-0.2, 0) is 0 Å². The van der Waals surface area contributed by atoms with E-state index in [1.807, 2.05) is 48.8 Å². The number of benzene rings is 6. The van der Waals surface area contributed by atoms with Gasteiger partial charge in [-0.15, -0.1) is 0 Å². The maximum absolute atomic E-state index is 4.80. The van der Waals surface area contributed by atoms with Gasteiger partial charge in [0.15, 0.2) is 0 Å². The number of aromatic nitrogens is 2. The third kappa shape index (κ3) is 4.41. The topological polar surface area (TPSA) is 32.3 Å². The number of para-hydroxylation sites is 2. The van der Waals surface area contributed by atoms with Crippen LogP contribution in [0.25, 0.3) is 32.3 Å². The molecule has 0 saturated heterocycles. The molecule has 8 rings (SSSR count). The molecule has 0 aliphatic carbocycles. The van der Waals surface area contributed by atoms with Crippen LogP contribution in [0.4, 0.5) is 34.4 Å². The highest BCUT2D eigenvalue weighted by Gasteiger charge is 2.22. The van der Waals surface area contributed by atoms with E-state index in [-0.39, 0.29) is 0 Å². The van der Waals surface area contributed by atoms with Crippen LogP contribution >= 0.6 is 0 Å². The summed E-state index contributed by atoms with van der Waals surface area (Å²) >= 11 is 0. The van der Waals surface area contributed by atoms with Gasteiger partial charge in [-0.3, -0.25) is 9.80 Å². The van der Waals surface area contributed by atoms with Crippen LogP contribution in [0.5, 0.6) is 0 Å². The molecule has 0 amide bonds. The molecule has 2 heterocycles. The average molecular weight is 565 g/mol. The van der Waals surface area contributed by atoms with Gasteiger partial charge in [0, 0.05) is 34.5 Å². The summed E-state index contributed by atoms with van der Waals surface area (Å²) in [6.45, 7) is 0. The summed E-state index contributed by atoms with van der Waals surface area (Å²) in [5.74, 6) is 1.74. The van der Waals surface area contributed by atoms with E-state index in [0.29, 0.717) is 0 Å². The highest BCUT2D eigenvalue weighted by molar-refractivity contribution is 6.24. The molecule has 0 bridgehead atoms. The van der Waals surface area contributed by atoms with Gasteiger partial charge in [-0.2, -0.15) is 0 Å². The van der Waals surface area contributed by atoms with Crippen molar-refractivity contribution in [1.29, 1.82) is 0 Å². The number of nitrogens with zero attached hydrogens (tertiary/aromatic N) is 4. The van der Waals surface area contributed by atoms with Gasteiger partial charge in [0.2, 0.25) is 0 Å². The molecule has 0 fully saturated rings. The molecule has 0 aliphatic rings. The summed E-state index contributed by atoms with van der Waals surface area (Å²) in [5, 5.41) is 7.03. The Labute approximate surface area is 256 Å². The molecule has 2 aromatic heterocycles. The number of hydrogen-bond donors (Lipinski definition) is 0. The molecule has 0 spiro atoms. The largest absolute Gasteiger partial charge is 0.294 e. The van der Waals surface area contributed by atoms with Crippen LogP contribution in [0, 0.1) is 0 Å². The van der Waals surface area contributed by atoms with E-state index in [1.165, 1.54) is 21.5 Å². The summed E-state index contributed by atoms with van der Waals surface area (Å²) < 4.78 is 0. The van der Waals surface area contributed by atoms with Crippen LogP contribution < -0.4 is 9.80 Å². The van der Waals surface area contributed by atoms with Gasteiger partial charge >= 0.3 is 0 Å². The van der Waals surface area contributed by atoms with Gasteiger partial charge < -0.3 is 0 Å². The normalized spacial score (nSPS) is 11.2. The van der Waals surface area contributed by atoms with Crippen molar-refractivity contribution in [1.82, 2.24) is 9.97 Å². The van der Waals surface area contributed by atoms with E-state index < -0.39 is 0 Å². The SMILES string of the molecule is c1ccc(N(c2ccccn2)c2cc3c4ccccc4c(N(c4ccccc4)c4ccccn4)cc3c3ccccc23)cc1. The molecule has 0 radical (unpaired) electrons. The average Bonchev–Trinajstić information content (AvgIpc) is 3.11. The summed E-state index contributed by atoms with van der Waals surface area (Å²) in [6.07, 6.45) is 3.71. The zero-order valence-electron chi connectivity index (χ0n) is 24.0. The second-order valence-corrected chi connectivity index (χ2v) is 10.7. The van der Waals surface area contributed by atoms with Crippen molar-refractivity contribution in [3.8, 4) is 0 Å². The zero-order chi connectivity index (χ0) is 29.3. The van der Waals surface area contributed by atoms with Crippen LogP contribution in [0.1, 0.15) is 0 Å². The van der Waals surface area contributed by atoms with Gasteiger partial charge in [-0.1, -0.05) is 97.1 Å². The van der Waals surface area contributed by atoms with Crippen LogP contribution in [-0.4, -0.2) is 9.97 Å². The first-order valence-corrected chi connectivity index (χ1v) is 14.8. The number of hydrogen-bond acceptors (Lipinski definition) is 4. The minimum absolute atomic E-state index is 0.870. The Morgan fingerprint density at radius 1 is 0.318 bits per heavy atom. The Morgan fingerprint density at radius 3 is 1.07 bits per heavy atom. The number of fused-ring (bicyclic) bond motifs is 5. The van der Waals surface area contributed by atoms with Gasteiger partial charge in [0.1, 0.15) is 11.6 Å². The van der Waals surface area contributed by atoms with E-state index in [4.69, 9.17) is 9.97 Å². The molecule has 0 N–H and O–H groups in total. The second-order valence-electron chi connectivity index (χ2n) is 10.7. The van der Waals surface area contributed by atoms with E-state index in [9.17, 15) is 0 Å². The predicted octanol–water partition coefficient (Wildman–Crippen LogP) is 10.9. The highest BCUT2D eigenvalue weighted by atomic mass is 15.2. The van der Waals surface area contributed by atoms with Gasteiger partial charge in [0.05, 0.1) is 11.4 Å². The third-order valence-corrected chi connectivity index (χ3v) is 8.11. The molecule has 0 saturated carbocycles. The Bertz CT molecular complexity index is 1980. The summed E-state index contributed by atoms with van der Waals surface area (Å²) in [7, 11) is 0. The molecular weight excluding hydrogens is 536 g/mol. The molecular formula is C40H28N4. The minimum Gasteiger partial charge on any atom is -0.294 e. The number of pyridine rings is 2. The molecule has 8 aromatic rings. The lowest BCUT2D eigenvalue weighted by atomic mass is 9.93. The fraction of sp³-hybridized carbons (Fsp3) is 0. The maximum Gasteiger partial charge on any atom is 0.137 e. The fourth-order valence-corrected chi connectivity index (χ4v) is 6.20. The van der Waals surface area contributed by atoms with Crippen molar-refractivity contribution in [2.45, 2.75) is 0 Å². The monoisotopic (exact) mass is 564 g/mol. The molecule has 208 valence electrons. The first-order valence-electron chi connectivity index (χ1n) is 14.8. The van der Waals surface area contributed by atoms with Crippen molar-refractivity contribution < 1.29 is 0 Å². The molecule has 0 aliphatic heterocycles. The molecule has 6 aromatic carbocycles. The van der Waals surface area contributed by atoms with E-state index in [1.54, 1.807) is 0 Å². The van der Waals surface area contributed by atoms with E-state index in [2.05, 4.69) is 131 Å². The summed E-state index contributed by atoms with van der Waals surface area (Å²) in [4.78, 5) is 14.1. The molecule has 0 atom stereocenters. The molecule has 0 unspecified atom stereocenters. The fourth-order valence-electron chi connectivity index (χ4n) is 6.20. The maximum atomic E-state index is 4.80. The molecule has 4 nitrogen and oxygen atoms in total. The van der Waals surface area contributed by atoms with Crippen LogP contribution in [0.15, 0.2) is 170 Å². The van der Waals surface area contributed by atoms with Gasteiger partial charge in [-0.25, -0.2) is 9.97 Å². The number of rotatable bonds is 6. The Kier molecular flexibility index (Phi) is 6.43.